The Morgan fingerprint density at radius 3 is 2.42 bits per heavy atom. The first kappa shape index (κ1) is 14.1. The van der Waals surface area contributed by atoms with Crippen molar-refractivity contribution in [1.29, 1.82) is 0 Å². The highest BCUT2D eigenvalue weighted by atomic mass is 79.9. The maximum Gasteiger partial charge on any atom is 0.274 e. The van der Waals surface area contributed by atoms with E-state index < -0.39 is 5.91 Å². The molecule has 0 aliphatic heterocycles. The second-order valence-electron chi connectivity index (χ2n) is 3.60. The minimum atomic E-state index is -0.398. The minimum Gasteiger partial charge on any atom is -0.505 e. The molecule has 0 saturated heterocycles. The monoisotopic (exact) mass is 360 g/mol. The first-order valence-electron chi connectivity index (χ1n) is 5.08. The molecular formula is C12H7BrCl2N2O2. The van der Waals surface area contributed by atoms with Crippen molar-refractivity contribution in [3.63, 3.8) is 0 Å². The molecule has 0 bridgehead atoms. The van der Waals surface area contributed by atoms with Crippen LogP contribution in [0, 0.1) is 0 Å². The number of phenols is 1. The van der Waals surface area contributed by atoms with E-state index in [0.717, 1.165) is 4.47 Å². The van der Waals surface area contributed by atoms with E-state index in [2.05, 4.69) is 26.2 Å². The van der Waals surface area contributed by atoms with Crippen LogP contribution >= 0.6 is 39.1 Å². The second-order valence-corrected chi connectivity index (χ2v) is 5.33. The number of hydrogen-bond acceptors (Lipinski definition) is 3. The molecule has 1 heterocycles. The van der Waals surface area contributed by atoms with Crippen LogP contribution < -0.4 is 5.32 Å². The molecular weight excluding hydrogens is 355 g/mol. The van der Waals surface area contributed by atoms with Crippen molar-refractivity contribution in [3.8, 4) is 5.75 Å². The van der Waals surface area contributed by atoms with Gasteiger partial charge in [0.05, 0.1) is 10.0 Å². The fourth-order valence-electron chi connectivity index (χ4n) is 1.34. The SMILES string of the molecule is O=C(Nc1cc(Cl)c(O)c(Cl)c1)c1ccc(Br)cn1. The summed E-state index contributed by atoms with van der Waals surface area (Å²) in [5.74, 6) is -0.617. The molecule has 2 aromatic rings. The summed E-state index contributed by atoms with van der Waals surface area (Å²) in [4.78, 5) is 15.9. The Morgan fingerprint density at radius 2 is 1.89 bits per heavy atom. The van der Waals surface area contributed by atoms with Crippen LogP contribution in [-0.4, -0.2) is 16.0 Å². The summed E-state index contributed by atoms with van der Waals surface area (Å²) in [6.45, 7) is 0. The van der Waals surface area contributed by atoms with Crippen LogP contribution in [0.25, 0.3) is 0 Å². The fourth-order valence-corrected chi connectivity index (χ4v) is 2.06. The van der Waals surface area contributed by atoms with Gasteiger partial charge in [0, 0.05) is 16.4 Å². The summed E-state index contributed by atoms with van der Waals surface area (Å²) in [7, 11) is 0. The van der Waals surface area contributed by atoms with Crippen LogP contribution in [-0.2, 0) is 0 Å². The summed E-state index contributed by atoms with van der Waals surface area (Å²) in [6.07, 6.45) is 1.52. The van der Waals surface area contributed by atoms with Crippen molar-refractivity contribution in [2.24, 2.45) is 0 Å². The van der Waals surface area contributed by atoms with E-state index in [1.165, 1.54) is 18.3 Å². The molecule has 0 radical (unpaired) electrons. The highest BCUT2D eigenvalue weighted by Crippen LogP contribution is 2.34. The number of carbonyl (C=O) groups excluding carboxylic acids is 1. The van der Waals surface area contributed by atoms with E-state index >= 15 is 0 Å². The number of anilines is 1. The summed E-state index contributed by atoms with van der Waals surface area (Å²) in [5, 5.41) is 12.1. The van der Waals surface area contributed by atoms with Crippen molar-refractivity contribution >= 4 is 50.7 Å². The lowest BCUT2D eigenvalue weighted by molar-refractivity contribution is 0.102. The zero-order valence-corrected chi connectivity index (χ0v) is 12.4. The van der Waals surface area contributed by atoms with Gasteiger partial charge >= 0.3 is 0 Å². The van der Waals surface area contributed by atoms with E-state index in [4.69, 9.17) is 23.2 Å². The van der Waals surface area contributed by atoms with Gasteiger partial charge < -0.3 is 10.4 Å². The Labute approximate surface area is 127 Å². The molecule has 0 aliphatic carbocycles. The zero-order chi connectivity index (χ0) is 14.0. The van der Waals surface area contributed by atoms with Gasteiger partial charge in [-0.1, -0.05) is 23.2 Å². The van der Waals surface area contributed by atoms with E-state index in [1.54, 1.807) is 12.1 Å². The van der Waals surface area contributed by atoms with Gasteiger partial charge in [0.25, 0.3) is 5.91 Å². The Morgan fingerprint density at radius 1 is 1.26 bits per heavy atom. The fraction of sp³-hybridized carbons (Fsp3) is 0. The summed E-state index contributed by atoms with van der Waals surface area (Å²) < 4.78 is 0.778. The molecule has 0 atom stereocenters. The molecule has 0 fully saturated rings. The molecule has 2 N–H and O–H groups in total. The number of halogens is 3. The lowest BCUT2D eigenvalue weighted by Crippen LogP contribution is -2.13. The molecule has 4 nitrogen and oxygen atoms in total. The van der Waals surface area contributed by atoms with Crippen LogP contribution in [0.2, 0.25) is 10.0 Å². The van der Waals surface area contributed by atoms with Crippen LogP contribution in [0.1, 0.15) is 10.5 Å². The number of nitrogens with one attached hydrogen (secondary N) is 1. The minimum absolute atomic E-state index is 0.0616. The summed E-state index contributed by atoms with van der Waals surface area (Å²) >= 11 is 14.8. The van der Waals surface area contributed by atoms with Crippen molar-refractivity contribution in [1.82, 2.24) is 4.98 Å². The molecule has 0 saturated carbocycles. The average Bonchev–Trinajstić information content (AvgIpc) is 2.36. The molecule has 7 heteroatoms. The number of rotatable bonds is 2. The lowest BCUT2D eigenvalue weighted by atomic mass is 10.2. The maximum atomic E-state index is 11.9. The third-order valence-corrected chi connectivity index (χ3v) is 3.28. The third kappa shape index (κ3) is 3.37. The van der Waals surface area contributed by atoms with E-state index in [0.29, 0.717) is 5.69 Å². The second kappa shape index (κ2) is 5.77. The molecule has 1 aromatic heterocycles. The number of phenolic OH excluding ortho intramolecular Hbond substituents is 1. The maximum absolute atomic E-state index is 11.9. The smallest absolute Gasteiger partial charge is 0.274 e. The van der Waals surface area contributed by atoms with Gasteiger partial charge in [-0.25, -0.2) is 4.98 Å². The largest absolute Gasteiger partial charge is 0.505 e. The number of benzene rings is 1. The number of aromatic hydroxyl groups is 1. The highest BCUT2D eigenvalue weighted by Gasteiger charge is 2.11. The normalized spacial score (nSPS) is 10.3. The van der Waals surface area contributed by atoms with Crippen molar-refractivity contribution in [3.05, 3.63) is 50.7 Å². The number of pyridine rings is 1. The number of nitrogens with zero attached hydrogens (tertiary/aromatic N) is 1. The molecule has 0 unspecified atom stereocenters. The lowest BCUT2D eigenvalue weighted by Gasteiger charge is -2.07. The van der Waals surface area contributed by atoms with Gasteiger partial charge in [-0.2, -0.15) is 0 Å². The van der Waals surface area contributed by atoms with E-state index in [1.807, 2.05) is 0 Å². The zero-order valence-electron chi connectivity index (χ0n) is 9.32. The van der Waals surface area contributed by atoms with Gasteiger partial charge in [-0.3, -0.25) is 4.79 Å². The number of amides is 1. The van der Waals surface area contributed by atoms with E-state index in [9.17, 15) is 9.90 Å². The topological polar surface area (TPSA) is 62.2 Å². The molecule has 0 aliphatic rings. The van der Waals surface area contributed by atoms with Gasteiger partial charge in [-0.15, -0.1) is 0 Å². The predicted molar refractivity (Wildman–Crippen MR) is 78.0 cm³/mol. The Balaban J connectivity index is 2.22. The van der Waals surface area contributed by atoms with Crippen molar-refractivity contribution < 1.29 is 9.90 Å². The summed E-state index contributed by atoms with van der Waals surface area (Å²) in [5.41, 5.74) is 0.631. The summed E-state index contributed by atoms with van der Waals surface area (Å²) in [6, 6.07) is 6.08. The predicted octanol–water partition coefficient (Wildman–Crippen LogP) is 4.11. The van der Waals surface area contributed by atoms with Gasteiger partial charge in [0.1, 0.15) is 5.69 Å². The van der Waals surface area contributed by atoms with Gasteiger partial charge in [-0.05, 0) is 40.2 Å². The molecule has 98 valence electrons. The first-order valence-corrected chi connectivity index (χ1v) is 6.63. The molecule has 1 aromatic carbocycles. The molecule has 1 amide bonds. The number of aromatic nitrogens is 1. The van der Waals surface area contributed by atoms with E-state index in [-0.39, 0.29) is 21.5 Å². The van der Waals surface area contributed by atoms with Crippen LogP contribution in [0.5, 0.6) is 5.75 Å². The van der Waals surface area contributed by atoms with Gasteiger partial charge in [0.2, 0.25) is 0 Å². The molecule has 2 rings (SSSR count). The quantitative estimate of drug-likeness (QED) is 0.791. The standard InChI is InChI=1S/C12H7BrCl2N2O2/c13-6-1-2-10(16-5-6)12(19)17-7-3-8(14)11(18)9(15)4-7/h1-5,18H,(H,17,19). The number of hydrogen-bond donors (Lipinski definition) is 2. The van der Waals surface area contributed by atoms with Crippen LogP contribution in [0.4, 0.5) is 5.69 Å². The third-order valence-electron chi connectivity index (χ3n) is 2.23. The average molecular weight is 362 g/mol. The molecule has 0 spiro atoms. The van der Waals surface area contributed by atoms with Crippen LogP contribution in [0.3, 0.4) is 0 Å². The molecule has 19 heavy (non-hydrogen) atoms. The Hall–Kier alpha value is -1.30. The first-order chi connectivity index (χ1) is 8.97. The van der Waals surface area contributed by atoms with Crippen LogP contribution in [0.15, 0.2) is 34.9 Å². The number of carbonyl (C=O) groups is 1. The Kier molecular flexibility index (Phi) is 4.29. The van der Waals surface area contributed by atoms with Gasteiger partial charge in [0.15, 0.2) is 5.75 Å². The van der Waals surface area contributed by atoms with Crippen molar-refractivity contribution in [2.75, 3.05) is 5.32 Å². The Bertz CT molecular complexity index is 609. The highest BCUT2D eigenvalue weighted by molar-refractivity contribution is 9.10. The van der Waals surface area contributed by atoms with Crippen molar-refractivity contribution in [2.45, 2.75) is 0 Å².